The largest absolute Gasteiger partial charge is 0.362 e. The molecule has 0 radical (unpaired) electrons. The first-order valence-corrected chi connectivity index (χ1v) is 5.52. The van der Waals surface area contributed by atoms with Crippen molar-refractivity contribution in [3.8, 4) is 0 Å². The quantitative estimate of drug-likeness (QED) is 0.616. The van der Waals surface area contributed by atoms with Crippen molar-refractivity contribution < 1.29 is 4.74 Å². The molecule has 0 saturated heterocycles. The molecular weight excluding hydrogens is 172 g/mol. The molecule has 1 saturated carbocycles. The van der Waals surface area contributed by atoms with Gasteiger partial charge in [-0.05, 0) is 25.2 Å². The molecule has 0 heterocycles. The molecule has 0 amide bonds. The molecule has 0 bridgehead atoms. The van der Waals surface area contributed by atoms with Gasteiger partial charge in [0.1, 0.15) is 5.56 Å². The van der Waals surface area contributed by atoms with Crippen LogP contribution in [0.2, 0.25) is 0 Å². The maximum Gasteiger partial charge on any atom is 0.130 e. The Morgan fingerprint density at radius 2 is 2.00 bits per heavy atom. The van der Waals surface area contributed by atoms with Gasteiger partial charge in [-0.3, -0.25) is 0 Å². The van der Waals surface area contributed by atoms with Crippen LogP contribution < -0.4 is 0 Å². The van der Waals surface area contributed by atoms with E-state index >= 15 is 0 Å². The summed E-state index contributed by atoms with van der Waals surface area (Å²) in [5, 5.41) is 0. The third-order valence-corrected chi connectivity index (χ3v) is 2.99. The molecule has 1 aliphatic rings. The maximum absolute atomic E-state index is 5.86. The molecule has 1 atom stereocenters. The van der Waals surface area contributed by atoms with E-state index in [1.807, 2.05) is 0 Å². The van der Waals surface area contributed by atoms with Crippen molar-refractivity contribution in [1.82, 2.24) is 0 Å². The lowest BCUT2D eigenvalue weighted by Gasteiger charge is -2.22. The average Bonchev–Trinajstić information content (AvgIpc) is 2.16. The molecule has 72 valence electrons. The highest BCUT2D eigenvalue weighted by atomic mass is 35.5. The molecule has 0 aromatic rings. The van der Waals surface area contributed by atoms with Crippen LogP contribution >= 0.6 is 11.6 Å². The van der Waals surface area contributed by atoms with Crippen molar-refractivity contribution in [2.45, 2.75) is 51.0 Å². The minimum absolute atomic E-state index is 0.0630. The zero-order chi connectivity index (χ0) is 8.81. The Bertz CT molecular complexity index is 110. The fourth-order valence-electron chi connectivity index (χ4n) is 1.71. The van der Waals surface area contributed by atoms with Crippen molar-refractivity contribution in [3.63, 3.8) is 0 Å². The second-order valence-electron chi connectivity index (χ2n) is 3.66. The van der Waals surface area contributed by atoms with Crippen molar-refractivity contribution in [3.05, 3.63) is 0 Å². The number of alkyl halides is 1. The van der Waals surface area contributed by atoms with Crippen LogP contribution in [-0.2, 0) is 4.74 Å². The lowest BCUT2D eigenvalue weighted by atomic mass is 9.90. The number of rotatable bonds is 4. The van der Waals surface area contributed by atoms with Gasteiger partial charge in [0.25, 0.3) is 0 Å². The smallest absolute Gasteiger partial charge is 0.130 e. The minimum Gasteiger partial charge on any atom is -0.362 e. The van der Waals surface area contributed by atoms with Gasteiger partial charge in [0, 0.05) is 0 Å². The van der Waals surface area contributed by atoms with E-state index in [0.717, 1.165) is 18.9 Å². The van der Waals surface area contributed by atoms with E-state index in [9.17, 15) is 0 Å². The van der Waals surface area contributed by atoms with E-state index in [4.69, 9.17) is 16.3 Å². The number of hydrogen-bond acceptors (Lipinski definition) is 1. The van der Waals surface area contributed by atoms with E-state index in [0.29, 0.717) is 0 Å². The van der Waals surface area contributed by atoms with Gasteiger partial charge in [-0.15, -0.1) is 0 Å². The molecule has 0 aromatic carbocycles. The first-order chi connectivity index (χ1) is 5.83. The molecule has 2 heteroatoms. The van der Waals surface area contributed by atoms with Crippen LogP contribution in [0.1, 0.15) is 45.4 Å². The summed E-state index contributed by atoms with van der Waals surface area (Å²) in [5.41, 5.74) is -0.0630. The minimum atomic E-state index is -0.0630. The monoisotopic (exact) mass is 190 g/mol. The van der Waals surface area contributed by atoms with Crippen molar-refractivity contribution in [1.29, 1.82) is 0 Å². The zero-order valence-corrected chi connectivity index (χ0v) is 8.65. The van der Waals surface area contributed by atoms with Gasteiger partial charge in [0.15, 0.2) is 0 Å². The molecule has 1 nitrogen and oxygen atoms in total. The standard InChI is InChI=1S/C10H19ClO/c1-2-10(11)12-8-9-6-4-3-5-7-9/h9-10H,2-8H2,1H3. The van der Waals surface area contributed by atoms with Crippen LogP contribution in [0, 0.1) is 5.92 Å². The summed E-state index contributed by atoms with van der Waals surface area (Å²) in [5.74, 6) is 0.784. The Morgan fingerprint density at radius 1 is 1.33 bits per heavy atom. The Morgan fingerprint density at radius 3 is 2.58 bits per heavy atom. The van der Waals surface area contributed by atoms with Gasteiger partial charge in [-0.1, -0.05) is 37.8 Å². The highest BCUT2D eigenvalue weighted by Crippen LogP contribution is 2.24. The Hall–Kier alpha value is 0.250. The molecule has 0 N–H and O–H groups in total. The van der Waals surface area contributed by atoms with Crippen LogP contribution in [0.25, 0.3) is 0 Å². The van der Waals surface area contributed by atoms with Gasteiger partial charge < -0.3 is 4.74 Å². The number of hydrogen-bond donors (Lipinski definition) is 0. The van der Waals surface area contributed by atoms with Crippen LogP contribution in [0.5, 0.6) is 0 Å². The van der Waals surface area contributed by atoms with Crippen molar-refractivity contribution in [2.75, 3.05) is 6.61 Å². The lowest BCUT2D eigenvalue weighted by Crippen LogP contribution is -2.16. The van der Waals surface area contributed by atoms with E-state index in [-0.39, 0.29) is 5.56 Å². The lowest BCUT2D eigenvalue weighted by molar-refractivity contribution is 0.0626. The molecule has 0 aliphatic heterocycles. The average molecular weight is 191 g/mol. The molecule has 1 aliphatic carbocycles. The summed E-state index contributed by atoms with van der Waals surface area (Å²) in [6.45, 7) is 2.93. The first kappa shape index (κ1) is 10.3. The van der Waals surface area contributed by atoms with Crippen LogP contribution in [0.3, 0.4) is 0 Å². The molecule has 0 spiro atoms. The second kappa shape index (κ2) is 5.82. The Kier molecular flexibility index (Phi) is 5.01. The summed E-state index contributed by atoms with van der Waals surface area (Å²) in [7, 11) is 0. The zero-order valence-electron chi connectivity index (χ0n) is 7.89. The third-order valence-electron chi connectivity index (χ3n) is 2.56. The van der Waals surface area contributed by atoms with Gasteiger partial charge in [0.05, 0.1) is 6.61 Å². The van der Waals surface area contributed by atoms with Gasteiger partial charge in [0.2, 0.25) is 0 Å². The first-order valence-electron chi connectivity index (χ1n) is 5.08. The molecule has 1 rings (SSSR count). The maximum atomic E-state index is 5.86. The number of halogens is 1. The normalized spacial score (nSPS) is 22.5. The predicted octanol–water partition coefficient (Wildman–Crippen LogP) is 3.56. The fraction of sp³-hybridized carbons (Fsp3) is 1.00. The van der Waals surface area contributed by atoms with Gasteiger partial charge in [-0.25, -0.2) is 0 Å². The SMILES string of the molecule is CCC(Cl)OCC1CCCCC1. The molecule has 12 heavy (non-hydrogen) atoms. The van der Waals surface area contributed by atoms with E-state index in [2.05, 4.69) is 6.92 Å². The summed E-state index contributed by atoms with van der Waals surface area (Å²) < 4.78 is 5.50. The third kappa shape index (κ3) is 3.77. The highest BCUT2D eigenvalue weighted by molar-refractivity contribution is 6.19. The predicted molar refractivity (Wildman–Crippen MR) is 52.5 cm³/mol. The second-order valence-corrected chi connectivity index (χ2v) is 4.14. The molecular formula is C10H19ClO. The van der Waals surface area contributed by atoms with Crippen LogP contribution in [-0.4, -0.2) is 12.2 Å². The summed E-state index contributed by atoms with van der Waals surface area (Å²) in [4.78, 5) is 0. The summed E-state index contributed by atoms with van der Waals surface area (Å²) in [6.07, 6.45) is 7.77. The van der Waals surface area contributed by atoms with Gasteiger partial charge >= 0.3 is 0 Å². The highest BCUT2D eigenvalue weighted by Gasteiger charge is 2.14. The summed E-state index contributed by atoms with van der Waals surface area (Å²) >= 11 is 5.86. The fourth-order valence-corrected chi connectivity index (χ4v) is 1.78. The van der Waals surface area contributed by atoms with E-state index in [1.54, 1.807) is 0 Å². The Balaban J connectivity index is 2.05. The molecule has 0 aromatic heterocycles. The topological polar surface area (TPSA) is 9.23 Å². The number of ether oxygens (including phenoxy) is 1. The van der Waals surface area contributed by atoms with Crippen LogP contribution in [0.4, 0.5) is 0 Å². The van der Waals surface area contributed by atoms with E-state index < -0.39 is 0 Å². The molecule has 1 fully saturated rings. The van der Waals surface area contributed by atoms with E-state index in [1.165, 1.54) is 32.1 Å². The summed E-state index contributed by atoms with van der Waals surface area (Å²) in [6, 6.07) is 0. The van der Waals surface area contributed by atoms with Gasteiger partial charge in [-0.2, -0.15) is 0 Å². The molecule has 1 unspecified atom stereocenters. The van der Waals surface area contributed by atoms with Crippen molar-refractivity contribution >= 4 is 11.6 Å². The Labute approximate surface area is 80.4 Å². The van der Waals surface area contributed by atoms with Crippen LogP contribution in [0.15, 0.2) is 0 Å². The van der Waals surface area contributed by atoms with Crippen molar-refractivity contribution in [2.24, 2.45) is 5.92 Å².